The molecule has 0 radical (unpaired) electrons. The molecule has 0 bridgehead atoms. The highest BCUT2D eigenvalue weighted by Gasteiger charge is 2.65. The van der Waals surface area contributed by atoms with Crippen molar-refractivity contribution < 1.29 is 45.0 Å². The number of aromatic nitrogens is 3. The Bertz CT molecular complexity index is 1400. The summed E-state index contributed by atoms with van der Waals surface area (Å²) in [5, 5.41) is 5.50. The van der Waals surface area contributed by atoms with Crippen LogP contribution in [0.5, 0.6) is 11.6 Å². The molecule has 0 aromatic carbocycles. The van der Waals surface area contributed by atoms with Crippen LogP contribution < -0.4 is 20.1 Å². The van der Waals surface area contributed by atoms with Gasteiger partial charge in [0.1, 0.15) is 24.0 Å². The van der Waals surface area contributed by atoms with Gasteiger partial charge in [0.25, 0.3) is 17.8 Å². The van der Waals surface area contributed by atoms with Gasteiger partial charge in [0, 0.05) is 31.0 Å². The second-order valence-corrected chi connectivity index (χ2v) is 10.1. The molecule has 0 aliphatic heterocycles. The summed E-state index contributed by atoms with van der Waals surface area (Å²) in [5.41, 5.74) is -2.46. The summed E-state index contributed by atoms with van der Waals surface area (Å²) in [6, 6.07) is 4.81. The molecule has 0 unspecified atom stereocenters. The van der Waals surface area contributed by atoms with Crippen LogP contribution in [0.2, 0.25) is 0 Å². The van der Waals surface area contributed by atoms with E-state index in [0.717, 1.165) is 18.0 Å². The Morgan fingerprint density at radius 3 is 2.25 bits per heavy atom. The molecule has 1 amide bonds. The smallest absolute Gasteiger partial charge is 0.397 e. The van der Waals surface area contributed by atoms with E-state index in [1.807, 2.05) is 6.92 Å². The van der Waals surface area contributed by atoms with E-state index in [2.05, 4.69) is 25.6 Å². The summed E-state index contributed by atoms with van der Waals surface area (Å²) >= 11 is 0. The van der Waals surface area contributed by atoms with Crippen LogP contribution in [0, 0.1) is 17.8 Å². The fourth-order valence-electron chi connectivity index (χ4n) is 3.95. The number of hydrogen-bond acceptors (Lipinski definition) is 8. The van der Waals surface area contributed by atoms with Crippen LogP contribution in [-0.2, 0) is 0 Å². The van der Waals surface area contributed by atoms with Crippen LogP contribution in [0.3, 0.4) is 0 Å². The maximum absolute atomic E-state index is 13.4. The molecule has 5 rings (SSSR count). The topological polar surface area (TPSA) is 111 Å². The summed E-state index contributed by atoms with van der Waals surface area (Å²) in [4.78, 5) is 25.0. The van der Waals surface area contributed by atoms with Gasteiger partial charge in [-0.1, -0.05) is 0 Å². The number of fused-ring (bicyclic) bond motifs is 1. The number of carbonyl (C=O) groups is 1. The van der Waals surface area contributed by atoms with Crippen molar-refractivity contribution in [3.63, 3.8) is 0 Å². The predicted molar refractivity (Wildman–Crippen MR) is 128 cm³/mol. The monoisotopic (exact) mass is 573 g/mol. The van der Waals surface area contributed by atoms with E-state index in [1.54, 1.807) is 12.1 Å². The number of aryl methyl sites for hydroxylation is 1. The number of pyridine rings is 2. The van der Waals surface area contributed by atoms with Gasteiger partial charge in [0.2, 0.25) is 5.65 Å². The van der Waals surface area contributed by atoms with Gasteiger partial charge in [-0.2, -0.15) is 31.3 Å². The van der Waals surface area contributed by atoms with Crippen molar-refractivity contribution in [3.05, 3.63) is 35.7 Å². The van der Waals surface area contributed by atoms with Gasteiger partial charge >= 0.3 is 12.4 Å². The fourth-order valence-corrected chi connectivity index (χ4v) is 3.95. The minimum atomic E-state index is -4.51. The number of nitrogens with one attached hydrogen (secondary N) is 2. The van der Waals surface area contributed by atoms with Crippen molar-refractivity contribution in [2.75, 3.05) is 31.6 Å². The SMILES string of the molecule is Cc1ccc2oc(NCCNC(=O)c3cnc(OCC4(C(F)(F)F)CC4)c(OCC4(C(F)(F)F)CC4)c3)nc2n1. The minimum Gasteiger partial charge on any atom is -0.487 e. The van der Waals surface area contributed by atoms with Crippen LogP contribution in [0.25, 0.3) is 11.2 Å². The van der Waals surface area contributed by atoms with E-state index in [9.17, 15) is 31.1 Å². The van der Waals surface area contributed by atoms with Crippen molar-refractivity contribution in [3.8, 4) is 11.6 Å². The molecule has 40 heavy (non-hydrogen) atoms. The number of anilines is 1. The lowest BCUT2D eigenvalue weighted by molar-refractivity contribution is -0.196. The van der Waals surface area contributed by atoms with E-state index in [0.29, 0.717) is 11.2 Å². The first kappa shape index (κ1) is 27.8. The molecule has 0 saturated heterocycles. The standard InChI is InChI=1S/C25H25F6N5O4/c1-14-2-3-16-18(35-14)36-21(40-16)33-9-8-32-19(37)15-10-17(38-12-22(4-5-22)24(26,27)28)20(34-11-15)39-13-23(6-7-23)25(29,30)31/h2-3,10-11H,4-9,12-13H2,1H3,(H,32,37)(H,33,35,36). The van der Waals surface area contributed by atoms with E-state index >= 15 is 0 Å². The number of nitrogens with zero attached hydrogens (tertiary/aromatic N) is 3. The third-order valence-electron chi connectivity index (χ3n) is 7.06. The molecule has 0 spiro atoms. The molecule has 3 heterocycles. The molecule has 2 N–H and O–H groups in total. The average Bonchev–Trinajstić information content (AvgIpc) is 3.80. The van der Waals surface area contributed by atoms with Crippen molar-refractivity contribution in [2.45, 2.75) is 45.0 Å². The largest absolute Gasteiger partial charge is 0.487 e. The zero-order valence-corrected chi connectivity index (χ0v) is 21.2. The summed E-state index contributed by atoms with van der Waals surface area (Å²) < 4.78 is 96.2. The third-order valence-corrected chi connectivity index (χ3v) is 7.06. The van der Waals surface area contributed by atoms with Crippen molar-refractivity contribution in [2.24, 2.45) is 10.8 Å². The maximum Gasteiger partial charge on any atom is 0.397 e. The molecule has 2 saturated carbocycles. The van der Waals surface area contributed by atoms with Crippen LogP contribution in [0.4, 0.5) is 32.4 Å². The second-order valence-electron chi connectivity index (χ2n) is 10.1. The highest BCUT2D eigenvalue weighted by Crippen LogP contribution is 2.59. The third kappa shape index (κ3) is 5.72. The van der Waals surface area contributed by atoms with Gasteiger partial charge in [-0.3, -0.25) is 4.79 Å². The number of ether oxygens (including phenoxy) is 2. The van der Waals surface area contributed by atoms with Gasteiger partial charge < -0.3 is 24.5 Å². The second kappa shape index (κ2) is 10.0. The highest BCUT2D eigenvalue weighted by atomic mass is 19.4. The first-order chi connectivity index (χ1) is 18.8. The molecule has 0 atom stereocenters. The number of hydrogen-bond donors (Lipinski definition) is 2. The molecular weight excluding hydrogens is 548 g/mol. The molecule has 15 heteroatoms. The Kier molecular flexibility index (Phi) is 6.94. The quantitative estimate of drug-likeness (QED) is 0.238. The first-order valence-corrected chi connectivity index (χ1v) is 12.5. The van der Waals surface area contributed by atoms with Crippen LogP contribution >= 0.6 is 0 Å². The normalized spacial score (nSPS) is 17.4. The van der Waals surface area contributed by atoms with E-state index in [-0.39, 0.29) is 56.1 Å². The Balaban J connectivity index is 1.22. The molecule has 3 aromatic rings. The number of alkyl halides is 6. The Labute approximate surface area is 223 Å². The lowest BCUT2D eigenvalue weighted by Crippen LogP contribution is -2.32. The number of carbonyl (C=O) groups excluding carboxylic acids is 1. The van der Waals surface area contributed by atoms with Crippen LogP contribution in [-0.4, -0.2) is 59.5 Å². The lowest BCUT2D eigenvalue weighted by atomic mass is 10.1. The average molecular weight is 573 g/mol. The molecule has 216 valence electrons. The van der Waals surface area contributed by atoms with Crippen molar-refractivity contribution >= 4 is 23.2 Å². The van der Waals surface area contributed by atoms with Gasteiger partial charge in [-0.05, 0) is 44.7 Å². The minimum absolute atomic E-state index is 0.0716. The molecular formula is C25H25F6N5O4. The highest BCUT2D eigenvalue weighted by molar-refractivity contribution is 5.94. The maximum atomic E-state index is 13.4. The zero-order chi connectivity index (χ0) is 28.8. The summed E-state index contributed by atoms with van der Waals surface area (Å²) in [7, 11) is 0. The van der Waals surface area contributed by atoms with Gasteiger partial charge in [-0.15, -0.1) is 0 Å². The Hall–Kier alpha value is -3.78. The Morgan fingerprint density at radius 2 is 1.62 bits per heavy atom. The van der Waals surface area contributed by atoms with E-state index in [4.69, 9.17) is 13.9 Å². The van der Waals surface area contributed by atoms with Crippen molar-refractivity contribution in [1.29, 1.82) is 0 Å². The number of amides is 1. The molecule has 2 aliphatic rings. The van der Waals surface area contributed by atoms with E-state index in [1.165, 1.54) is 0 Å². The summed E-state index contributed by atoms with van der Waals surface area (Å²) in [6.07, 6.45) is -8.48. The zero-order valence-electron chi connectivity index (χ0n) is 21.2. The molecule has 2 fully saturated rings. The van der Waals surface area contributed by atoms with E-state index < -0.39 is 48.2 Å². The van der Waals surface area contributed by atoms with Gasteiger partial charge in [-0.25, -0.2) is 9.97 Å². The number of halogens is 6. The molecule has 9 nitrogen and oxygen atoms in total. The lowest BCUT2D eigenvalue weighted by Gasteiger charge is -2.22. The van der Waals surface area contributed by atoms with Gasteiger partial charge in [0.15, 0.2) is 11.3 Å². The first-order valence-electron chi connectivity index (χ1n) is 12.5. The summed E-state index contributed by atoms with van der Waals surface area (Å²) in [5.74, 6) is -1.38. The van der Waals surface area contributed by atoms with Crippen LogP contribution in [0.1, 0.15) is 41.7 Å². The molecule has 2 aliphatic carbocycles. The predicted octanol–water partition coefficient (Wildman–Crippen LogP) is 5.21. The summed E-state index contributed by atoms with van der Waals surface area (Å²) in [6.45, 7) is 0.596. The molecule has 3 aromatic heterocycles. The number of oxazole rings is 1. The Morgan fingerprint density at radius 1 is 0.975 bits per heavy atom. The van der Waals surface area contributed by atoms with Crippen LogP contribution in [0.15, 0.2) is 28.8 Å². The van der Waals surface area contributed by atoms with Gasteiger partial charge in [0.05, 0.1) is 5.56 Å². The van der Waals surface area contributed by atoms with Crippen molar-refractivity contribution in [1.82, 2.24) is 20.3 Å². The number of rotatable bonds is 11. The fraction of sp³-hybridized carbons (Fsp3) is 0.520.